The highest BCUT2D eigenvalue weighted by Gasteiger charge is 2.13. The summed E-state index contributed by atoms with van der Waals surface area (Å²) in [5.74, 6) is -0.462. The number of carbonyl (C=O) groups excluding carboxylic acids is 2. The summed E-state index contributed by atoms with van der Waals surface area (Å²) in [6.45, 7) is 0. The molecule has 4 aromatic rings. The molecular formula is C18H14N4O3S2. The van der Waals surface area contributed by atoms with Crippen LogP contribution in [-0.2, 0) is 18.3 Å². The van der Waals surface area contributed by atoms with Crippen molar-refractivity contribution in [1.82, 2.24) is 9.55 Å². The average molecular weight is 398 g/mol. The van der Waals surface area contributed by atoms with Crippen LogP contribution in [0.1, 0.15) is 16.2 Å². The summed E-state index contributed by atoms with van der Waals surface area (Å²) < 4.78 is 8.01. The lowest BCUT2D eigenvalue weighted by Crippen LogP contribution is -2.14. The first-order valence-electron chi connectivity index (χ1n) is 8.01. The van der Waals surface area contributed by atoms with Crippen molar-refractivity contribution in [1.29, 1.82) is 0 Å². The molecule has 0 aliphatic heterocycles. The summed E-state index contributed by atoms with van der Waals surface area (Å²) in [5, 5.41) is 4.79. The fourth-order valence-corrected chi connectivity index (χ4v) is 4.24. The van der Waals surface area contributed by atoms with Crippen LogP contribution in [0.25, 0.3) is 10.2 Å². The summed E-state index contributed by atoms with van der Waals surface area (Å²) >= 11 is 2.71. The molecule has 9 heteroatoms. The molecular weight excluding hydrogens is 384 g/mol. The van der Waals surface area contributed by atoms with E-state index in [-0.39, 0.29) is 24.0 Å². The normalized spacial score (nSPS) is 11.8. The Morgan fingerprint density at radius 2 is 2.11 bits per heavy atom. The van der Waals surface area contributed by atoms with Gasteiger partial charge in [0, 0.05) is 12.4 Å². The quantitative estimate of drug-likeness (QED) is 0.572. The zero-order valence-corrected chi connectivity index (χ0v) is 15.8. The molecule has 1 aromatic carbocycles. The van der Waals surface area contributed by atoms with E-state index < -0.39 is 0 Å². The van der Waals surface area contributed by atoms with Gasteiger partial charge in [0.15, 0.2) is 15.7 Å². The van der Waals surface area contributed by atoms with Crippen molar-refractivity contribution in [3.63, 3.8) is 0 Å². The van der Waals surface area contributed by atoms with Crippen LogP contribution in [0.3, 0.4) is 0 Å². The maximum Gasteiger partial charge on any atom is 0.293 e. The average Bonchev–Trinajstić information content (AvgIpc) is 3.38. The van der Waals surface area contributed by atoms with Crippen molar-refractivity contribution in [3.8, 4) is 0 Å². The summed E-state index contributed by atoms with van der Waals surface area (Å²) in [6, 6.07) is 11.1. The van der Waals surface area contributed by atoms with Crippen molar-refractivity contribution >= 4 is 49.8 Å². The van der Waals surface area contributed by atoms with Gasteiger partial charge in [0.05, 0.1) is 28.6 Å². The van der Waals surface area contributed by atoms with Crippen LogP contribution in [0, 0.1) is 0 Å². The number of thiazole rings is 2. The minimum atomic E-state index is -0.380. The first kappa shape index (κ1) is 17.4. The van der Waals surface area contributed by atoms with Gasteiger partial charge in [-0.3, -0.25) is 14.9 Å². The van der Waals surface area contributed by atoms with Gasteiger partial charge in [0.25, 0.3) is 11.8 Å². The van der Waals surface area contributed by atoms with Crippen molar-refractivity contribution in [2.24, 2.45) is 12.0 Å². The second kappa shape index (κ2) is 7.29. The van der Waals surface area contributed by atoms with Crippen LogP contribution < -0.4 is 10.1 Å². The van der Waals surface area contributed by atoms with E-state index in [1.54, 1.807) is 17.5 Å². The molecule has 7 nitrogen and oxygen atoms in total. The maximum atomic E-state index is 12.3. The predicted octanol–water partition coefficient (Wildman–Crippen LogP) is 3.21. The standard InChI is InChI=1S/C18H14N4O3S2/c1-22-12-5-2-3-7-14(12)27-18(22)20-15(23)9-11-10-26-17(19-11)21-16(24)13-6-4-8-25-13/h2-8,10H,9H2,1H3,(H,19,21,24). The van der Waals surface area contributed by atoms with Crippen LogP contribution >= 0.6 is 22.7 Å². The van der Waals surface area contributed by atoms with Crippen molar-refractivity contribution < 1.29 is 14.0 Å². The molecule has 136 valence electrons. The van der Waals surface area contributed by atoms with Gasteiger partial charge >= 0.3 is 0 Å². The Kier molecular flexibility index (Phi) is 4.69. The zero-order valence-electron chi connectivity index (χ0n) is 14.2. The molecule has 3 aromatic heterocycles. The van der Waals surface area contributed by atoms with Crippen molar-refractivity contribution in [3.05, 3.63) is 64.3 Å². The molecule has 0 unspecified atom stereocenters. The largest absolute Gasteiger partial charge is 0.459 e. The summed E-state index contributed by atoms with van der Waals surface area (Å²) in [5.41, 5.74) is 1.60. The Morgan fingerprint density at radius 1 is 1.26 bits per heavy atom. The number of hydrogen-bond donors (Lipinski definition) is 1. The number of rotatable bonds is 4. The van der Waals surface area contributed by atoms with Crippen LogP contribution in [0.4, 0.5) is 5.13 Å². The first-order chi connectivity index (χ1) is 13.1. The van der Waals surface area contributed by atoms with Gasteiger partial charge in [-0.2, -0.15) is 4.99 Å². The van der Waals surface area contributed by atoms with E-state index in [4.69, 9.17) is 4.42 Å². The van der Waals surface area contributed by atoms with Gasteiger partial charge in [0.1, 0.15) is 0 Å². The Balaban J connectivity index is 1.47. The molecule has 0 atom stereocenters. The van der Waals surface area contributed by atoms with Crippen molar-refractivity contribution in [2.75, 3.05) is 5.32 Å². The fourth-order valence-electron chi connectivity index (χ4n) is 2.50. The van der Waals surface area contributed by atoms with Gasteiger partial charge in [-0.1, -0.05) is 23.5 Å². The number of benzene rings is 1. The molecule has 4 rings (SSSR count). The number of hydrogen-bond acceptors (Lipinski definition) is 6. The lowest BCUT2D eigenvalue weighted by molar-refractivity contribution is -0.117. The molecule has 0 aliphatic carbocycles. The van der Waals surface area contributed by atoms with E-state index in [0.717, 1.165) is 10.2 Å². The Hall–Kier alpha value is -3.04. The molecule has 27 heavy (non-hydrogen) atoms. The van der Waals surface area contributed by atoms with E-state index in [1.165, 1.54) is 28.9 Å². The summed E-state index contributed by atoms with van der Waals surface area (Å²) in [4.78, 5) is 33.4. The lowest BCUT2D eigenvalue weighted by atomic mass is 10.3. The third-order valence-corrected chi connectivity index (χ3v) is 5.70. The lowest BCUT2D eigenvalue weighted by Gasteiger charge is -1.97. The fraction of sp³-hybridized carbons (Fsp3) is 0.111. The topological polar surface area (TPSA) is 89.5 Å². The second-order valence-corrected chi connectivity index (χ2v) is 7.54. The Labute approximate surface area is 161 Å². The zero-order chi connectivity index (χ0) is 18.8. The predicted molar refractivity (Wildman–Crippen MR) is 104 cm³/mol. The number of nitrogens with one attached hydrogen (secondary N) is 1. The summed E-state index contributed by atoms with van der Waals surface area (Å²) in [6.07, 6.45) is 1.50. The van der Waals surface area contributed by atoms with E-state index in [9.17, 15) is 9.59 Å². The van der Waals surface area contributed by atoms with Crippen LogP contribution in [0.15, 0.2) is 57.5 Å². The van der Waals surface area contributed by atoms with Gasteiger partial charge in [-0.15, -0.1) is 11.3 Å². The molecule has 0 spiro atoms. The first-order valence-corrected chi connectivity index (χ1v) is 9.71. The third-order valence-electron chi connectivity index (χ3n) is 3.78. The Morgan fingerprint density at radius 3 is 2.89 bits per heavy atom. The van der Waals surface area contributed by atoms with Crippen LogP contribution in [-0.4, -0.2) is 21.4 Å². The second-order valence-electron chi connectivity index (χ2n) is 5.67. The van der Waals surface area contributed by atoms with Gasteiger partial charge in [-0.25, -0.2) is 4.98 Å². The van der Waals surface area contributed by atoms with Gasteiger partial charge in [-0.05, 0) is 24.3 Å². The summed E-state index contributed by atoms with van der Waals surface area (Å²) in [7, 11) is 1.88. The van der Waals surface area contributed by atoms with E-state index >= 15 is 0 Å². The monoisotopic (exact) mass is 398 g/mol. The number of nitrogens with zero attached hydrogens (tertiary/aromatic N) is 3. The number of aryl methyl sites for hydroxylation is 1. The Bertz CT molecular complexity index is 1180. The highest BCUT2D eigenvalue weighted by atomic mass is 32.1. The highest BCUT2D eigenvalue weighted by Crippen LogP contribution is 2.18. The molecule has 0 saturated carbocycles. The SMILES string of the molecule is Cn1c(=NC(=O)Cc2csc(NC(=O)c3ccco3)n2)sc2ccccc21. The minimum absolute atomic E-state index is 0.0708. The number of carbonyl (C=O) groups is 2. The van der Waals surface area contributed by atoms with Gasteiger partial charge < -0.3 is 8.98 Å². The molecule has 3 heterocycles. The number of para-hydroxylation sites is 1. The number of amides is 2. The maximum absolute atomic E-state index is 12.3. The molecule has 0 fully saturated rings. The van der Waals surface area contributed by atoms with E-state index in [1.807, 2.05) is 35.9 Å². The molecule has 0 radical (unpaired) electrons. The van der Waals surface area contributed by atoms with E-state index in [2.05, 4.69) is 15.3 Å². The molecule has 2 amide bonds. The molecule has 1 N–H and O–H groups in total. The third kappa shape index (κ3) is 3.74. The number of fused-ring (bicyclic) bond motifs is 1. The van der Waals surface area contributed by atoms with Crippen LogP contribution in [0.5, 0.6) is 0 Å². The number of aromatic nitrogens is 2. The minimum Gasteiger partial charge on any atom is -0.459 e. The van der Waals surface area contributed by atoms with Crippen molar-refractivity contribution in [2.45, 2.75) is 6.42 Å². The molecule has 0 bridgehead atoms. The number of anilines is 1. The smallest absolute Gasteiger partial charge is 0.293 e. The van der Waals surface area contributed by atoms with E-state index in [0.29, 0.717) is 15.6 Å². The number of furan rings is 1. The highest BCUT2D eigenvalue weighted by molar-refractivity contribution is 7.16. The molecule has 0 saturated heterocycles. The van der Waals surface area contributed by atoms with Gasteiger partial charge in [0.2, 0.25) is 0 Å². The van der Waals surface area contributed by atoms with Crippen LogP contribution in [0.2, 0.25) is 0 Å². The molecule has 0 aliphatic rings.